The second-order valence-electron chi connectivity index (χ2n) is 4.71. The zero-order valence-electron chi connectivity index (χ0n) is 11.5. The van der Waals surface area contributed by atoms with Crippen LogP contribution >= 0.6 is 0 Å². The van der Waals surface area contributed by atoms with Crippen LogP contribution in [0, 0.1) is 5.82 Å². The van der Waals surface area contributed by atoms with E-state index in [0.717, 1.165) is 5.56 Å². The van der Waals surface area contributed by atoms with Gasteiger partial charge in [-0.05, 0) is 11.6 Å². The molecule has 20 heavy (non-hydrogen) atoms. The van der Waals surface area contributed by atoms with Crippen LogP contribution in [0.2, 0.25) is 0 Å². The van der Waals surface area contributed by atoms with Crippen LogP contribution < -0.4 is 5.73 Å². The number of ether oxygens (including phenoxy) is 2. The lowest BCUT2D eigenvalue weighted by Gasteiger charge is -2.33. The maximum atomic E-state index is 14.0. The highest BCUT2D eigenvalue weighted by molar-refractivity contribution is 5.75. The van der Waals surface area contributed by atoms with Gasteiger partial charge in [0.25, 0.3) is 0 Å². The summed E-state index contributed by atoms with van der Waals surface area (Å²) < 4.78 is 24.0. The van der Waals surface area contributed by atoms with Crippen LogP contribution in [0.3, 0.4) is 0 Å². The van der Waals surface area contributed by atoms with Gasteiger partial charge in [0, 0.05) is 25.2 Å². The third kappa shape index (κ3) is 3.33. The molecule has 0 aromatic heterocycles. The molecule has 1 saturated heterocycles. The summed E-state index contributed by atoms with van der Waals surface area (Å²) in [6, 6.07) is 4.46. The Bertz CT molecular complexity index is 481. The number of nitrogens with two attached hydrogens (primary N) is 1. The zero-order valence-corrected chi connectivity index (χ0v) is 11.5. The van der Waals surface area contributed by atoms with Crippen LogP contribution in [-0.4, -0.2) is 43.8 Å². The molecular weight excluding hydrogens is 263 g/mol. The van der Waals surface area contributed by atoms with Gasteiger partial charge in [-0.25, -0.2) is 4.39 Å². The number of nitrogens with zero attached hydrogens (tertiary/aromatic N) is 1. The van der Waals surface area contributed by atoms with E-state index in [-0.39, 0.29) is 18.4 Å². The standard InChI is InChI=1S/C14H19FN2O3/c1-19-14(18)13-9-20-5-4-17(13)8-11-3-2-10(7-16)6-12(11)15/h2-3,6,13H,4-5,7-9,16H2,1H3. The van der Waals surface area contributed by atoms with Gasteiger partial charge >= 0.3 is 5.97 Å². The third-order valence-corrected chi connectivity index (χ3v) is 3.44. The fourth-order valence-corrected chi connectivity index (χ4v) is 2.25. The van der Waals surface area contributed by atoms with Crippen molar-refractivity contribution >= 4 is 5.97 Å². The fourth-order valence-electron chi connectivity index (χ4n) is 2.25. The van der Waals surface area contributed by atoms with E-state index < -0.39 is 6.04 Å². The molecule has 2 N–H and O–H groups in total. The molecule has 2 rings (SSSR count). The van der Waals surface area contributed by atoms with Gasteiger partial charge in [0.2, 0.25) is 0 Å². The molecule has 0 saturated carbocycles. The minimum Gasteiger partial charge on any atom is -0.468 e. The highest BCUT2D eigenvalue weighted by atomic mass is 19.1. The Labute approximate surface area is 117 Å². The van der Waals surface area contributed by atoms with Crippen LogP contribution in [0.1, 0.15) is 11.1 Å². The van der Waals surface area contributed by atoms with Gasteiger partial charge in [-0.3, -0.25) is 9.69 Å². The summed E-state index contributed by atoms with van der Waals surface area (Å²) in [5.74, 6) is -0.660. The van der Waals surface area contributed by atoms with Crippen molar-refractivity contribution in [1.82, 2.24) is 4.90 Å². The minimum absolute atomic E-state index is 0.273. The molecule has 1 unspecified atom stereocenters. The van der Waals surface area contributed by atoms with E-state index in [1.54, 1.807) is 12.1 Å². The molecule has 1 fully saturated rings. The highest BCUT2D eigenvalue weighted by Gasteiger charge is 2.30. The first-order chi connectivity index (χ1) is 9.65. The summed E-state index contributed by atoms with van der Waals surface area (Å²) in [4.78, 5) is 13.6. The summed E-state index contributed by atoms with van der Waals surface area (Å²) in [5.41, 5.74) is 6.77. The van der Waals surface area contributed by atoms with Crippen molar-refractivity contribution in [2.45, 2.75) is 19.1 Å². The van der Waals surface area contributed by atoms with Crippen molar-refractivity contribution in [3.8, 4) is 0 Å². The topological polar surface area (TPSA) is 64.8 Å². The van der Waals surface area contributed by atoms with E-state index in [9.17, 15) is 9.18 Å². The van der Waals surface area contributed by atoms with Crippen LogP contribution in [-0.2, 0) is 27.4 Å². The van der Waals surface area contributed by atoms with Crippen molar-refractivity contribution in [1.29, 1.82) is 0 Å². The predicted octanol–water partition coefficient (Wildman–Crippen LogP) is 0.658. The number of carbonyl (C=O) groups excluding carboxylic acids is 1. The van der Waals surface area contributed by atoms with E-state index in [4.69, 9.17) is 15.2 Å². The largest absolute Gasteiger partial charge is 0.468 e. The smallest absolute Gasteiger partial charge is 0.325 e. The molecule has 1 aromatic rings. The highest BCUT2D eigenvalue weighted by Crippen LogP contribution is 2.17. The normalized spacial score (nSPS) is 19.9. The number of esters is 1. The zero-order chi connectivity index (χ0) is 14.5. The lowest BCUT2D eigenvalue weighted by molar-refractivity contribution is -0.153. The molecule has 1 aromatic carbocycles. The number of benzene rings is 1. The molecular formula is C14H19FN2O3. The van der Waals surface area contributed by atoms with Gasteiger partial charge in [0.1, 0.15) is 11.9 Å². The second-order valence-corrected chi connectivity index (χ2v) is 4.71. The number of halogens is 1. The van der Waals surface area contributed by atoms with Crippen molar-refractivity contribution < 1.29 is 18.7 Å². The van der Waals surface area contributed by atoms with E-state index >= 15 is 0 Å². The molecule has 0 aliphatic carbocycles. The van der Waals surface area contributed by atoms with E-state index in [2.05, 4.69) is 0 Å². The number of carbonyl (C=O) groups is 1. The third-order valence-electron chi connectivity index (χ3n) is 3.44. The summed E-state index contributed by atoms with van der Waals surface area (Å²) in [5, 5.41) is 0. The maximum absolute atomic E-state index is 14.0. The first-order valence-electron chi connectivity index (χ1n) is 6.52. The Morgan fingerprint density at radius 1 is 1.60 bits per heavy atom. The van der Waals surface area contributed by atoms with Crippen molar-refractivity contribution in [2.75, 3.05) is 26.9 Å². The Morgan fingerprint density at radius 3 is 3.05 bits per heavy atom. The molecule has 0 radical (unpaired) electrons. The summed E-state index contributed by atoms with van der Waals surface area (Å²) in [6.07, 6.45) is 0. The number of hydrogen-bond donors (Lipinski definition) is 1. The molecule has 110 valence electrons. The maximum Gasteiger partial charge on any atom is 0.325 e. The molecule has 0 amide bonds. The predicted molar refractivity (Wildman–Crippen MR) is 71.3 cm³/mol. The Morgan fingerprint density at radius 2 is 2.40 bits per heavy atom. The van der Waals surface area contributed by atoms with Crippen LogP contribution in [0.5, 0.6) is 0 Å². The lowest BCUT2D eigenvalue weighted by Crippen LogP contribution is -2.49. The fraction of sp³-hybridized carbons (Fsp3) is 0.500. The number of morpholine rings is 1. The van der Waals surface area contributed by atoms with E-state index in [1.165, 1.54) is 13.2 Å². The first-order valence-corrected chi connectivity index (χ1v) is 6.52. The number of hydrogen-bond acceptors (Lipinski definition) is 5. The second kappa shape index (κ2) is 6.78. The van der Waals surface area contributed by atoms with Gasteiger partial charge in [0.15, 0.2) is 0 Å². The van der Waals surface area contributed by atoms with Gasteiger partial charge in [0.05, 0.1) is 20.3 Å². The Kier molecular flexibility index (Phi) is 5.05. The van der Waals surface area contributed by atoms with Gasteiger partial charge < -0.3 is 15.2 Å². The molecule has 0 bridgehead atoms. The molecule has 0 spiro atoms. The monoisotopic (exact) mass is 282 g/mol. The molecule has 1 aliphatic rings. The molecule has 5 nitrogen and oxygen atoms in total. The van der Waals surface area contributed by atoms with Crippen molar-refractivity contribution in [2.24, 2.45) is 5.73 Å². The van der Waals surface area contributed by atoms with Crippen LogP contribution in [0.25, 0.3) is 0 Å². The summed E-state index contributed by atoms with van der Waals surface area (Å²) in [7, 11) is 1.34. The van der Waals surface area contributed by atoms with Crippen LogP contribution in [0.4, 0.5) is 4.39 Å². The van der Waals surface area contributed by atoms with Crippen molar-refractivity contribution in [3.63, 3.8) is 0 Å². The summed E-state index contributed by atoms with van der Waals surface area (Å²) in [6.45, 7) is 2.02. The molecule has 1 atom stereocenters. The minimum atomic E-state index is -0.484. The number of methoxy groups -OCH3 is 1. The molecule has 6 heteroatoms. The van der Waals surface area contributed by atoms with Crippen LogP contribution in [0.15, 0.2) is 18.2 Å². The average molecular weight is 282 g/mol. The van der Waals surface area contributed by atoms with E-state index in [0.29, 0.717) is 31.8 Å². The SMILES string of the molecule is COC(=O)C1COCCN1Cc1ccc(CN)cc1F. The quantitative estimate of drug-likeness (QED) is 0.822. The summed E-state index contributed by atoms with van der Waals surface area (Å²) >= 11 is 0. The molecule has 1 aliphatic heterocycles. The van der Waals surface area contributed by atoms with Gasteiger partial charge in [-0.2, -0.15) is 0 Å². The molecule has 1 heterocycles. The van der Waals surface area contributed by atoms with Gasteiger partial charge in [-0.15, -0.1) is 0 Å². The number of rotatable bonds is 4. The van der Waals surface area contributed by atoms with Gasteiger partial charge in [-0.1, -0.05) is 12.1 Å². The van der Waals surface area contributed by atoms with E-state index in [1.807, 2.05) is 4.90 Å². The first kappa shape index (κ1) is 14.9. The average Bonchev–Trinajstić information content (AvgIpc) is 2.49. The van der Waals surface area contributed by atoms with Crippen molar-refractivity contribution in [3.05, 3.63) is 35.1 Å². The lowest BCUT2D eigenvalue weighted by atomic mass is 10.1. The Hall–Kier alpha value is -1.50. The Balaban J connectivity index is 2.12.